The first-order valence-electron chi connectivity index (χ1n) is 6.51. The Morgan fingerprint density at radius 2 is 1.90 bits per heavy atom. The Bertz CT molecular complexity index is 614. The molecule has 0 unspecified atom stereocenters. The molecule has 0 aromatic heterocycles. The van der Waals surface area contributed by atoms with Crippen LogP contribution in [0.3, 0.4) is 0 Å². The van der Waals surface area contributed by atoms with Gasteiger partial charge in [-0.25, -0.2) is 0 Å². The second-order valence-electron chi connectivity index (χ2n) is 4.58. The molecule has 0 heterocycles. The lowest BCUT2D eigenvalue weighted by molar-refractivity contribution is -0.137. The Labute approximate surface area is 117 Å². The summed E-state index contributed by atoms with van der Waals surface area (Å²) in [6, 6.07) is 9.79. The molecule has 4 heteroatoms. The topological polar surface area (TPSA) is 55.8 Å². The first-order valence-corrected chi connectivity index (χ1v) is 6.51. The van der Waals surface area contributed by atoms with Gasteiger partial charge in [-0.2, -0.15) is 0 Å². The van der Waals surface area contributed by atoms with Gasteiger partial charge in [-0.3, -0.25) is 4.79 Å². The van der Waals surface area contributed by atoms with E-state index >= 15 is 0 Å². The van der Waals surface area contributed by atoms with E-state index in [1.807, 2.05) is 30.3 Å². The number of hydrogen-bond acceptors (Lipinski definition) is 3. The molecule has 0 spiro atoms. The Morgan fingerprint density at radius 3 is 2.55 bits per heavy atom. The SMILES string of the molecule is COc1ccc2ccc(OC)c(CCCC(=O)O)c2c1. The first-order chi connectivity index (χ1) is 9.65. The average Bonchev–Trinajstić information content (AvgIpc) is 2.46. The van der Waals surface area contributed by atoms with E-state index in [2.05, 4.69) is 0 Å². The number of benzene rings is 2. The molecule has 2 aromatic carbocycles. The number of rotatable bonds is 6. The maximum Gasteiger partial charge on any atom is 0.303 e. The van der Waals surface area contributed by atoms with Crippen molar-refractivity contribution in [1.82, 2.24) is 0 Å². The van der Waals surface area contributed by atoms with Gasteiger partial charge in [0.2, 0.25) is 0 Å². The Balaban J connectivity index is 2.43. The minimum atomic E-state index is -0.776. The molecule has 0 saturated heterocycles. The van der Waals surface area contributed by atoms with Crippen LogP contribution in [0.1, 0.15) is 18.4 Å². The van der Waals surface area contributed by atoms with Crippen molar-refractivity contribution in [3.05, 3.63) is 35.9 Å². The molecule has 2 rings (SSSR count). The van der Waals surface area contributed by atoms with Crippen LogP contribution >= 0.6 is 0 Å². The zero-order valence-electron chi connectivity index (χ0n) is 11.7. The first kappa shape index (κ1) is 14.2. The molecule has 2 aromatic rings. The predicted molar refractivity (Wildman–Crippen MR) is 77.6 cm³/mol. The lowest BCUT2D eigenvalue weighted by Crippen LogP contribution is -1.99. The smallest absolute Gasteiger partial charge is 0.303 e. The fraction of sp³-hybridized carbons (Fsp3) is 0.312. The fourth-order valence-corrected chi connectivity index (χ4v) is 2.33. The van der Waals surface area contributed by atoms with Gasteiger partial charge in [0.05, 0.1) is 14.2 Å². The van der Waals surface area contributed by atoms with Crippen LogP contribution in [-0.4, -0.2) is 25.3 Å². The van der Waals surface area contributed by atoms with Gasteiger partial charge in [0.1, 0.15) is 11.5 Å². The van der Waals surface area contributed by atoms with E-state index in [9.17, 15) is 4.79 Å². The normalized spacial score (nSPS) is 10.5. The number of hydrogen-bond donors (Lipinski definition) is 1. The molecule has 20 heavy (non-hydrogen) atoms. The lowest BCUT2D eigenvalue weighted by atomic mass is 9.98. The molecule has 4 nitrogen and oxygen atoms in total. The van der Waals surface area contributed by atoms with Crippen LogP contribution in [0.5, 0.6) is 11.5 Å². The zero-order valence-corrected chi connectivity index (χ0v) is 11.7. The Hall–Kier alpha value is -2.23. The molecule has 0 fully saturated rings. The summed E-state index contributed by atoms with van der Waals surface area (Å²) in [5.74, 6) is 0.795. The van der Waals surface area contributed by atoms with Gasteiger partial charge in [0.15, 0.2) is 0 Å². The van der Waals surface area contributed by atoms with Crippen molar-refractivity contribution >= 4 is 16.7 Å². The summed E-state index contributed by atoms with van der Waals surface area (Å²) in [6.45, 7) is 0. The van der Waals surface area contributed by atoms with E-state index in [-0.39, 0.29) is 6.42 Å². The van der Waals surface area contributed by atoms with Gasteiger partial charge in [0, 0.05) is 12.0 Å². The van der Waals surface area contributed by atoms with Gasteiger partial charge < -0.3 is 14.6 Å². The molecule has 106 valence electrons. The maximum atomic E-state index is 10.7. The molecule has 0 amide bonds. The number of aliphatic carboxylic acids is 1. The van der Waals surface area contributed by atoms with Gasteiger partial charge in [0.25, 0.3) is 0 Å². The van der Waals surface area contributed by atoms with Crippen LogP contribution < -0.4 is 9.47 Å². The highest BCUT2D eigenvalue weighted by Crippen LogP contribution is 2.31. The number of aryl methyl sites for hydroxylation is 1. The highest BCUT2D eigenvalue weighted by Gasteiger charge is 2.10. The van der Waals surface area contributed by atoms with Crippen molar-refractivity contribution in [2.45, 2.75) is 19.3 Å². The number of methoxy groups -OCH3 is 2. The van der Waals surface area contributed by atoms with Crippen molar-refractivity contribution in [3.63, 3.8) is 0 Å². The number of carbonyl (C=O) groups is 1. The minimum Gasteiger partial charge on any atom is -0.497 e. The monoisotopic (exact) mass is 274 g/mol. The van der Waals surface area contributed by atoms with Crippen LogP contribution in [0.15, 0.2) is 30.3 Å². The van der Waals surface area contributed by atoms with Gasteiger partial charge in [-0.05, 0) is 41.8 Å². The summed E-state index contributed by atoms with van der Waals surface area (Å²) in [7, 11) is 3.26. The minimum absolute atomic E-state index is 0.156. The standard InChI is InChI=1S/C16H18O4/c1-19-12-8-6-11-7-9-15(20-2)13(14(11)10-12)4-3-5-16(17)18/h6-10H,3-5H2,1-2H3,(H,17,18). The summed E-state index contributed by atoms with van der Waals surface area (Å²) in [6.07, 6.45) is 1.41. The van der Waals surface area contributed by atoms with Gasteiger partial charge in [-0.15, -0.1) is 0 Å². The highest BCUT2D eigenvalue weighted by atomic mass is 16.5. The third-order valence-corrected chi connectivity index (χ3v) is 3.33. The van der Waals surface area contributed by atoms with Crippen LogP contribution in [-0.2, 0) is 11.2 Å². The van der Waals surface area contributed by atoms with E-state index in [0.717, 1.165) is 27.8 Å². The molecule has 0 saturated carbocycles. The Morgan fingerprint density at radius 1 is 1.15 bits per heavy atom. The summed E-state index contributed by atoms with van der Waals surface area (Å²) < 4.78 is 10.7. The highest BCUT2D eigenvalue weighted by molar-refractivity contribution is 5.89. The van der Waals surface area contributed by atoms with Crippen molar-refractivity contribution in [1.29, 1.82) is 0 Å². The van der Waals surface area contributed by atoms with Crippen LogP contribution in [0.4, 0.5) is 0 Å². The largest absolute Gasteiger partial charge is 0.497 e. The summed E-state index contributed by atoms with van der Waals surface area (Å²) >= 11 is 0. The zero-order chi connectivity index (χ0) is 14.5. The molecule has 0 bridgehead atoms. The average molecular weight is 274 g/mol. The molecular formula is C16H18O4. The number of ether oxygens (including phenoxy) is 2. The summed E-state index contributed by atoms with van der Waals surface area (Å²) in [4.78, 5) is 10.7. The van der Waals surface area contributed by atoms with Crippen LogP contribution in [0.2, 0.25) is 0 Å². The predicted octanol–water partition coefficient (Wildman–Crippen LogP) is 3.26. The second-order valence-corrected chi connectivity index (χ2v) is 4.58. The van der Waals surface area contributed by atoms with E-state index < -0.39 is 5.97 Å². The molecule has 0 atom stereocenters. The van der Waals surface area contributed by atoms with Crippen molar-refractivity contribution in [2.24, 2.45) is 0 Å². The quantitative estimate of drug-likeness (QED) is 0.878. The van der Waals surface area contributed by atoms with Crippen molar-refractivity contribution < 1.29 is 19.4 Å². The third kappa shape index (κ3) is 3.02. The molecule has 1 N–H and O–H groups in total. The molecular weight excluding hydrogens is 256 g/mol. The van der Waals surface area contributed by atoms with Crippen LogP contribution in [0, 0.1) is 0 Å². The van der Waals surface area contributed by atoms with E-state index in [1.165, 1.54) is 0 Å². The number of carboxylic acid groups (broad SMARTS) is 1. The fourth-order valence-electron chi connectivity index (χ4n) is 2.33. The molecule has 0 aliphatic rings. The van der Waals surface area contributed by atoms with Crippen molar-refractivity contribution in [3.8, 4) is 11.5 Å². The summed E-state index contributed by atoms with van der Waals surface area (Å²) in [5, 5.41) is 10.9. The van der Waals surface area contributed by atoms with Gasteiger partial charge >= 0.3 is 5.97 Å². The molecule has 0 radical (unpaired) electrons. The van der Waals surface area contributed by atoms with Crippen LogP contribution in [0.25, 0.3) is 10.8 Å². The second kappa shape index (κ2) is 6.28. The Kier molecular flexibility index (Phi) is 4.45. The number of carboxylic acids is 1. The lowest BCUT2D eigenvalue weighted by Gasteiger charge is -2.12. The molecule has 0 aliphatic heterocycles. The maximum absolute atomic E-state index is 10.7. The molecule has 0 aliphatic carbocycles. The third-order valence-electron chi connectivity index (χ3n) is 3.33. The van der Waals surface area contributed by atoms with Crippen molar-refractivity contribution in [2.75, 3.05) is 14.2 Å². The summed E-state index contributed by atoms with van der Waals surface area (Å²) in [5.41, 5.74) is 1.03. The van der Waals surface area contributed by atoms with E-state index in [0.29, 0.717) is 12.8 Å². The van der Waals surface area contributed by atoms with E-state index in [1.54, 1.807) is 14.2 Å². The van der Waals surface area contributed by atoms with Gasteiger partial charge in [-0.1, -0.05) is 12.1 Å². The number of fused-ring (bicyclic) bond motifs is 1. The van der Waals surface area contributed by atoms with E-state index in [4.69, 9.17) is 14.6 Å².